The van der Waals surface area contributed by atoms with E-state index in [0.29, 0.717) is 23.2 Å². The molecule has 0 radical (unpaired) electrons. The fourth-order valence-corrected chi connectivity index (χ4v) is 4.71. The minimum atomic E-state index is -3.38. The lowest BCUT2D eigenvalue weighted by molar-refractivity contribution is 0.0474. The Kier molecular flexibility index (Phi) is 5.30. The zero-order valence-corrected chi connectivity index (χ0v) is 17.2. The molecule has 0 amide bonds. The fraction of sp³-hybridized carbons (Fsp3) is 0.333. The van der Waals surface area contributed by atoms with E-state index in [1.54, 1.807) is 30.3 Å². The molecule has 1 atom stereocenters. The summed E-state index contributed by atoms with van der Waals surface area (Å²) in [7, 11) is -3.38. The van der Waals surface area contributed by atoms with E-state index in [1.807, 2.05) is 26.8 Å². The second kappa shape index (κ2) is 7.39. The molecule has 0 aromatic heterocycles. The van der Waals surface area contributed by atoms with Gasteiger partial charge in [0.1, 0.15) is 0 Å². The largest absolute Gasteiger partial charge is 0.454 e. The number of esters is 1. The van der Waals surface area contributed by atoms with Crippen LogP contribution < -0.4 is 4.31 Å². The number of benzene rings is 2. The van der Waals surface area contributed by atoms with Crippen molar-refractivity contribution in [3.8, 4) is 0 Å². The molecule has 0 saturated carbocycles. The topological polar surface area (TPSA) is 80.8 Å². The Morgan fingerprint density at radius 1 is 1.07 bits per heavy atom. The maximum atomic E-state index is 12.5. The van der Waals surface area contributed by atoms with Crippen LogP contribution in [0.4, 0.5) is 5.69 Å². The molecule has 0 unspecified atom stereocenters. The van der Waals surface area contributed by atoms with Crippen molar-refractivity contribution in [1.82, 2.24) is 0 Å². The first-order valence-corrected chi connectivity index (χ1v) is 10.8. The Labute approximate surface area is 165 Å². The molecule has 28 heavy (non-hydrogen) atoms. The predicted octanol–water partition coefficient (Wildman–Crippen LogP) is 3.05. The minimum absolute atomic E-state index is 0.196. The van der Waals surface area contributed by atoms with Crippen LogP contribution in [0.5, 0.6) is 0 Å². The van der Waals surface area contributed by atoms with Gasteiger partial charge in [-0.15, -0.1) is 0 Å². The summed E-state index contributed by atoms with van der Waals surface area (Å²) in [6.07, 6.45) is 1.70. The van der Waals surface area contributed by atoms with Gasteiger partial charge >= 0.3 is 5.97 Å². The fourth-order valence-electron chi connectivity index (χ4n) is 3.45. The molecule has 6 nitrogen and oxygen atoms in total. The second-order valence-electron chi connectivity index (χ2n) is 7.25. The molecule has 0 spiro atoms. The third kappa shape index (κ3) is 3.94. The normalized spacial score (nSPS) is 16.0. The van der Waals surface area contributed by atoms with Gasteiger partial charge in [0.2, 0.25) is 10.0 Å². The van der Waals surface area contributed by atoms with Gasteiger partial charge in [0.25, 0.3) is 0 Å². The molecule has 2 aromatic rings. The summed E-state index contributed by atoms with van der Waals surface area (Å²) in [4.78, 5) is 24.6. The number of ketones is 1. The zero-order valence-electron chi connectivity index (χ0n) is 16.4. The van der Waals surface area contributed by atoms with E-state index in [1.165, 1.54) is 10.6 Å². The highest BCUT2D eigenvalue weighted by Gasteiger charge is 2.32. The summed E-state index contributed by atoms with van der Waals surface area (Å²) in [6, 6.07) is 9.94. The highest BCUT2D eigenvalue weighted by atomic mass is 32.2. The molecule has 0 bridgehead atoms. The number of hydrogen-bond donors (Lipinski definition) is 0. The van der Waals surface area contributed by atoms with E-state index in [4.69, 9.17) is 4.74 Å². The highest BCUT2D eigenvalue weighted by Crippen LogP contribution is 2.34. The van der Waals surface area contributed by atoms with Gasteiger partial charge < -0.3 is 4.74 Å². The molecule has 7 heteroatoms. The molecule has 0 fully saturated rings. The zero-order chi connectivity index (χ0) is 20.6. The van der Waals surface area contributed by atoms with Crippen molar-refractivity contribution in [2.75, 3.05) is 17.2 Å². The van der Waals surface area contributed by atoms with Gasteiger partial charge in [-0.05, 0) is 74.2 Å². The van der Waals surface area contributed by atoms with Gasteiger partial charge in [-0.25, -0.2) is 13.2 Å². The predicted molar refractivity (Wildman–Crippen MR) is 107 cm³/mol. The van der Waals surface area contributed by atoms with Crippen molar-refractivity contribution in [2.24, 2.45) is 0 Å². The van der Waals surface area contributed by atoms with Gasteiger partial charge in [-0.1, -0.05) is 6.07 Å². The summed E-state index contributed by atoms with van der Waals surface area (Å²) in [5, 5.41) is 0. The number of ether oxygens (including phenoxy) is 1. The molecular formula is C21H23NO5S. The van der Waals surface area contributed by atoms with E-state index in [-0.39, 0.29) is 18.4 Å². The molecule has 2 aromatic carbocycles. The van der Waals surface area contributed by atoms with Crippen molar-refractivity contribution in [2.45, 2.75) is 33.2 Å². The lowest BCUT2D eigenvalue weighted by Gasteiger charge is -2.21. The van der Waals surface area contributed by atoms with Crippen molar-refractivity contribution in [3.63, 3.8) is 0 Å². The standard InChI is InChI=1S/C21H23NO5S/c1-13-5-6-17(9-14(13)2)21(24)27-12-20(23)16-7-8-19-18(11-16)10-15(3)22(19)28(4,25)26/h5-9,11,15H,10,12H2,1-4H3/t15-/m1/s1. The lowest BCUT2D eigenvalue weighted by atomic mass is 10.0. The summed E-state index contributed by atoms with van der Waals surface area (Å²) >= 11 is 0. The maximum absolute atomic E-state index is 12.5. The van der Waals surface area contributed by atoms with Crippen LogP contribution in [0.2, 0.25) is 0 Å². The van der Waals surface area contributed by atoms with Gasteiger partial charge in [0, 0.05) is 11.6 Å². The van der Waals surface area contributed by atoms with E-state index in [9.17, 15) is 18.0 Å². The van der Waals surface area contributed by atoms with Crippen LogP contribution in [0.25, 0.3) is 0 Å². The number of rotatable bonds is 5. The Hall–Kier alpha value is -2.67. The Morgan fingerprint density at radius 3 is 2.39 bits per heavy atom. The molecule has 0 aliphatic carbocycles. The summed E-state index contributed by atoms with van der Waals surface area (Å²) in [6.45, 7) is 5.32. The van der Waals surface area contributed by atoms with Crippen LogP contribution in [-0.4, -0.2) is 39.1 Å². The monoisotopic (exact) mass is 401 g/mol. The average molecular weight is 401 g/mol. The van der Waals surface area contributed by atoms with Crippen LogP contribution in [0.1, 0.15) is 44.3 Å². The molecule has 1 aliphatic rings. The lowest BCUT2D eigenvalue weighted by Crippen LogP contribution is -2.34. The molecule has 0 N–H and O–H groups in total. The molecule has 0 saturated heterocycles. The first-order chi connectivity index (χ1) is 13.1. The minimum Gasteiger partial charge on any atom is -0.454 e. The first-order valence-electron chi connectivity index (χ1n) is 8.98. The molecular weight excluding hydrogens is 378 g/mol. The second-order valence-corrected chi connectivity index (χ2v) is 9.11. The van der Waals surface area contributed by atoms with Gasteiger partial charge in [0.15, 0.2) is 12.4 Å². The molecule has 3 rings (SSSR count). The average Bonchev–Trinajstić information content (AvgIpc) is 2.96. The van der Waals surface area contributed by atoms with Crippen molar-refractivity contribution in [1.29, 1.82) is 0 Å². The third-order valence-corrected chi connectivity index (χ3v) is 6.26. The third-order valence-electron chi connectivity index (χ3n) is 4.99. The Bertz CT molecular complexity index is 1060. The number of sulfonamides is 1. The number of fused-ring (bicyclic) bond motifs is 1. The summed E-state index contributed by atoms with van der Waals surface area (Å²) < 4.78 is 30.5. The Balaban J connectivity index is 1.71. The van der Waals surface area contributed by atoms with Gasteiger partial charge in [-0.3, -0.25) is 9.10 Å². The number of hydrogen-bond acceptors (Lipinski definition) is 5. The number of aryl methyl sites for hydroxylation is 2. The number of carbonyl (C=O) groups excluding carboxylic acids is 2. The van der Waals surface area contributed by atoms with E-state index >= 15 is 0 Å². The van der Waals surface area contributed by atoms with Gasteiger partial charge in [-0.2, -0.15) is 0 Å². The van der Waals surface area contributed by atoms with Crippen LogP contribution in [-0.2, 0) is 21.2 Å². The van der Waals surface area contributed by atoms with Crippen molar-refractivity contribution < 1.29 is 22.7 Å². The maximum Gasteiger partial charge on any atom is 0.338 e. The first kappa shape index (κ1) is 20.1. The van der Waals surface area contributed by atoms with Crippen LogP contribution in [0.3, 0.4) is 0 Å². The van der Waals surface area contributed by atoms with Crippen molar-refractivity contribution in [3.05, 3.63) is 64.2 Å². The Morgan fingerprint density at radius 2 is 1.75 bits per heavy atom. The molecule has 1 aliphatic heterocycles. The van der Waals surface area contributed by atoms with Crippen LogP contribution in [0.15, 0.2) is 36.4 Å². The van der Waals surface area contributed by atoms with Crippen LogP contribution >= 0.6 is 0 Å². The summed E-state index contributed by atoms with van der Waals surface area (Å²) in [5.74, 6) is -0.875. The number of Topliss-reactive ketones (excluding diaryl/α,β-unsaturated/α-hetero) is 1. The summed E-state index contributed by atoms with van der Waals surface area (Å²) in [5.41, 5.74) is 4.24. The van der Waals surface area contributed by atoms with E-state index in [0.717, 1.165) is 16.7 Å². The number of carbonyl (C=O) groups is 2. The SMILES string of the molecule is Cc1ccc(C(=O)OCC(=O)c2ccc3c(c2)C[C@@H](C)N3S(C)(=O)=O)cc1C. The molecule has 148 valence electrons. The molecule has 1 heterocycles. The van der Waals surface area contributed by atoms with Gasteiger partial charge in [0.05, 0.1) is 17.5 Å². The number of nitrogens with zero attached hydrogens (tertiary/aromatic N) is 1. The quantitative estimate of drug-likeness (QED) is 0.568. The highest BCUT2D eigenvalue weighted by molar-refractivity contribution is 7.92. The van der Waals surface area contributed by atoms with E-state index in [2.05, 4.69) is 0 Å². The van der Waals surface area contributed by atoms with Crippen molar-refractivity contribution >= 4 is 27.5 Å². The van der Waals surface area contributed by atoms with Crippen LogP contribution in [0, 0.1) is 13.8 Å². The smallest absolute Gasteiger partial charge is 0.338 e. The van der Waals surface area contributed by atoms with E-state index < -0.39 is 16.0 Å². The number of anilines is 1.